The summed E-state index contributed by atoms with van der Waals surface area (Å²) in [4.78, 5) is 34.9. The Hall–Kier alpha value is -4.98. The van der Waals surface area contributed by atoms with Crippen LogP contribution in [0.4, 0.5) is 23.7 Å². The SMILES string of the molecule is CC(C)c1ccccc1N1C(=O)CS/C1=N\C(=O)N/N=C/c1ccc(-c2ncn(-c3ccc(OC(F)(F)F)cc3)n2)cc1. The normalized spacial score (nSPS) is 14.7. The number of carbonyl (C=O) groups is 2. The Morgan fingerprint density at radius 1 is 1.07 bits per heavy atom. The van der Waals surface area contributed by atoms with Crippen LogP contribution >= 0.6 is 11.8 Å². The van der Waals surface area contributed by atoms with Gasteiger partial charge < -0.3 is 4.74 Å². The Morgan fingerprint density at radius 3 is 2.49 bits per heavy atom. The second-order valence-corrected chi connectivity index (χ2v) is 10.4. The number of hydrazone groups is 1. The highest BCUT2D eigenvalue weighted by Gasteiger charge is 2.32. The van der Waals surface area contributed by atoms with Crippen LogP contribution in [-0.4, -0.2) is 50.2 Å². The van der Waals surface area contributed by atoms with Crippen molar-refractivity contribution in [3.63, 3.8) is 0 Å². The van der Waals surface area contributed by atoms with E-state index in [-0.39, 0.29) is 28.5 Å². The number of benzene rings is 3. The van der Waals surface area contributed by atoms with Crippen LogP contribution in [0.3, 0.4) is 0 Å². The van der Waals surface area contributed by atoms with E-state index >= 15 is 0 Å². The molecule has 1 aliphatic rings. The molecule has 1 aromatic heterocycles. The molecular formula is C29H24F3N7O3S. The average molecular weight is 608 g/mol. The van der Waals surface area contributed by atoms with Gasteiger partial charge in [0.05, 0.1) is 23.3 Å². The maximum absolute atomic E-state index is 12.6. The number of anilines is 1. The van der Waals surface area contributed by atoms with Gasteiger partial charge in [0, 0.05) is 5.56 Å². The van der Waals surface area contributed by atoms with E-state index < -0.39 is 12.4 Å². The fourth-order valence-electron chi connectivity index (χ4n) is 4.17. The Morgan fingerprint density at radius 2 is 1.79 bits per heavy atom. The lowest BCUT2D eigenvalue weighted by Crippen LogP contribution is -2.31. The van der Waals surface area contributed by atoms with Crippen LogP contribution < -0.4 is 15.1 Å². The smallest absolute Gasteiger partial charge is 0.406 e. The molecule has 0 unspecified atom stereocenters. The number of alkyl halides is 3. The van der Waals surface area contributed by atoms with Gasteiger partial charge in [0.25, 0.3) is 0 Å². The lowest BCUT2D eigenvalue weighted by molar-refractivity contribution is -0.274. The van der Waals surface area contributed by atoms with Gasteiger partial charge in [-0.05, 0) is 47.4 Å². The van der Waals surface area contributed by atoms with Crippen LogP contribution in [0.25, 0.3) is 17.1 Å². The van der Waals surface area contributed by atoms with Crippen molar-refractivity contribution >= 4 is 40.8 Å². The molecule has 2 heterocycles. The largest absolute Gasteiger partial charge is 0.573 e. The van der Waals surface area contributed by atoms with E-state index in [4.69, 9.17) is 0 Å². The molecule has 0 atom stereocenters. The summed E-state index contributed by atoms with van der Waals surface area (Å²) in [7, 11) is 0. The number of carbonyl (C=O) groups excluding carboxylic acids is 2. The number of halogens is 3. The number of ether oxygens (including phenoxy) is 1. The van der Waals surface area contributed by atoms with E-state index in [1.807, 2.05) is 38.1 Å². The van der Waals surface area contributed by atoms with Crippen LogP contribution in [0.1, 0.15) is 30.9 Å². The fourth-order valence-corrected chi connectivity index (χ4v) is 5.03. The predicted octanol–water partition coefficient (Wildman–Crippen LogP) is 6.14. The molecule has 43 heavy (non-hydrogen) atoms. The van der Waals surface area contributed by atoms with Crippen LogP contribution in [0, 0.1) is 0 Å². The van der Waals surface area contributed by atoms with Crippen LogP contribution in [0.2, 0.25) is 0 Å². The van der Waals surface area contributed by atoms with E-state index in [2.05, 4.69) is 30.3 Å². The summed E-state index contributed by atoms with van der Waals surface area (Å²) < 4.78 is 42.4. The van der Waals surface area contributed by atoms with E-state index in [0.29, 0.717) is 28.3 Å². The van der Waals surface area contributed by atoms with Crippen molar-refractivity contribution in [2.45, 2.75) is 26.1 Å². The first kappa shape index (κ1) is 29.5. The van der Waals surface area contributed by atoms with Crippen LogP contribution in [0.15, 0.2) is 89.2 Å². The summed E-state index contributed by atoms with van der Waals surface area (Å²) in [5.74, 6) is 0.273. The Kier molecular flexibility index (Phi) is 8.57. The highest BCUT2D eigenvalue weighted by molar-refractivity contribution is 8.15. The third kappa shape index (κ3) is 7.27. The van der Waals surface area contributed by atoms with Crippen molar-refractivity contribution in [1.29, 1.82) is 0 Å². The molecule has 4 aromatic rings. The fraction of sp³-hybridized carbons (Fsp3) is 0.172. The number of hydrogen-bond acceptors (Lipinski definition) is 7. The zero-order valence-electron chi connectivity index (χ0n) is 22.8. The quantitative estimate of drug-likeness (QED) is 0.200. The molecule has 0 bridgehead atoms. The standard InChI is InChI=1S/C29H24F3N7O3S/c1-18(2)23-5-3-4-6-24(23)39-25(40)16-43-28(39)35-27(41)36-34-15-19-7-9-20(10-8-19)26-33-17-38(37-26)21-11-13-22(14-12-21)42-29(30,31)32/h3-15,17-18H,16H2,1-2H3,(H,36,41)/b34-15+,35-28-. The number of para-hydroxylation sites is 1. The van der Waals surface area contributed by atoms with Crippen LogP contribution in [-0.2, 0) is 4.79 Å². The zero-order chi connectivity index (χ0) is 30.6. The van der Waals surface area contributed by atoms with Crippen molar-refractivity contribution in [2.24, 2.45) is 10.1 Å². The summed E-state index contributed by atoms with van der Waals surface area (Å²) >= 11 is 1.19. The maximum atomic E-state index is 12.6. The third-order valence-electron chi connectivity index (χ3n) is 6.13. The number of amidine groups is 1. The molecule has 0 radical (unpaired) electrons. The number of hydrogen-bond donors (Lipinski definition) is 1. The van der Waals surface area contributed by atoms with Gasteiger partial charge in [0.15, 0.2) is 11.0 Å². The molecular weight excluding hydrogens is 583 g/mol. The molecule has 1 aliphatic heterocycles. The third-order valence-corrected chi connectivity index (χ3v) is 7.06. The topological polar surface area (TPSA) is 114 Å². The lowest BCUT2D eigenvalue weighted by Gasteiger charge is -2.21. The molecule has 0 saturated carbocycles. The molecule has 3 amide bonds. The minimum Gasteiger partial charge on any atom is -0.406 e. The van der Waals surface area contributed by atoms with Gasteiger partial charge >= 0.3 is 12.4 Å². The highest BCUT2D eigenvalue weighted by Crippen LogP contribution is 2.33. The van der Waals surface area contributed by atoms with Crippen molar-refractivity contribution in [3.8, 4) is 22.8 Å². The van der Waals surface area contributed by atoms with E-state index in [1.165, 1.54) is 58.2 Å². The molecule has 1 N–H and O–H groups in total. The minimum atomic E-state index is -4.77. The number of aromatic nitrogens is 3. The average Bonchev–Trinajstić information content (AvgIpc) is 3.60. The number of nitrogens with one attached hydrogen (secondary N) is 1. The zero-order valence-corrected chi connectivity index (χ0v) is 23.6. The molecule has 1 fully saturated rings. The summed E-state index contributed by atoms with van der Waals surface area (Å²) in [5, 5.41) is 8.62. The molecule has 3 aromatic carbocycles. The molecule has 220 valence electrons. The van der Waals surface area contributed by atoms with Gasteiger partial charge in [-0.3, -0.25) is 9.69 Å². The van der Waals surface area contributed by atoms with Crippen molar-refractivity contribution in [2.75, 3.05) is 10.7 Å². The molecule has 10 nitrogen and oxygen atoms in total. The summed E-state index contributed by atoms with van der Waals surface area (Å²) in [6, 6.07) is 19.1. The minimum absolute atomic E-state index is 0.152. The molecule has 5 rings (SSSR count). The highest BCUT2D eigenvalue weighted by atomic mass is 32.2. The Balaban J connectivity index is 1.21. The summed E-state index contributed by atoms with van der Waals surface area (Å²) in [5.41, 5.74) is 5.91. The molecule has 14 heteroatoms. The predicted molar refractivity (Wildman–Crippen MR) is 158 cm³/mol. The van der Waals surface area contributed by atoms with E-state index in [1.54, 1.807) is 24.3 Å². The first-order valence-corrected chi connectivity index (χ1v) is 13.9. The first-order chi connectivity index (χ1) is 20.6. The number of thioether (sulfide) groups is 1. The van der Waals surface area contributed by atoms with Crippen molar-refractivity contribution in [1.82, 2.24) is 20.2 Å². The monoisotopic (exact) mass is 607 g/mol. The summed E-state index contributed by atoms with van der Waals surface area (Å²) in [6.07, 6.45) is -1.88. The molecule has 1 saturated heterocycles. The van der Waals surface area contributed by atoms with Gasteiger partial charge in [0.2, 0.25) is 5.91 Å². The van der Waals surface area contributed by atoms with Crippen molar-refractivity contribution in [3.05, 3.63) is 90.3 Å². The van der Waals surface area contributed by atoms with Gasteiger partial charge in [0.1, 0.15) is 12.1 Å². The first-order valence-electron chi connectivity index (χ1n) is 12.9. The van der Waals surface area contributed by atoms with E-state index in [9.17, 15) is 22.8 Å². The number of urea groups is 1. The van der Waals surface area contributed by atoms with Crippen molar-refractivity contribution < 1.29 is 27.5 Å². The van der Waals surface area contributed by atoms with Gasteiger partial charge in [-0.25, -0.2) is 19.9 Å². The van der Waals surface area contributed by atoms with Crippen LogP contribution in [0.5, 0.6) is 5.75 Å². The number of aliphatic imine (C=N–C) groups is 1. The number of amides is 3. The summed E-state index contributed by atoms with van der Waals surface area (Å²) in [6.45, 7) is 4.06. The Bertz CT molecular complexity index is 1680. The van der Waals surface area contributed by atoms with Gasteiger partial charge in [-0.1, -0.05) is 68.1 Å². The number of nitrogens with zero attached hydrogens (tertiary/aromatic N) is 6. The Labute approximate surface area is 248 Å². The van der Waals surface area contributed by atoms with Gasteiger partial charge in [-0.2, -0.15) is 10.1 Å². The maximum Gasteiger partial charge on any atom is 0.573 e. The second kappa shape index (κ2) is 12.5. The van der Waals surface area contributed by atoms with Gasteiger partial charge in [-0.15, -0.1) is 18.3 Å². The molecule has 0 spiro atoms. The van der Waals surface area contributed by atoms with E-state index in [0.717, 1.165) is 5.56 Å². The lowest BCUT2D eigenvalue weighted by atomic mass is 10.0. The second-order valence-electron chi connectivity index (χ2n) is 9.48. The number of rotatable bonds is 7. The molecule has 0 aliphatic carbocycles.